The molecule has 2 unspecified atom stereocenters. The van der Waals surface area contributed by atoms with Gasteiger partial charge >= 0.3 is 0 Å². The van der Waals surface area contributed by atoms with Crippen LogP contribution in [0.3, 0.4) is 0 Å². The first kappa shape index (κ1) is 15.3. The summed E-state index contributed by atoms with van der Waals surface area (Å²) in [7, 11) is 3.41. The highest BCUT2D eigenvalue weighted by Gasteiger charge is 2.17. The molecule has 102 valence electrons. The molecular weight excluding hydrogens is 246 g/mol. The summed E-state index contributed by atoms with van der Waals surface area (Å²) < 4.78 is 10.7. The van der Waals surface area contributed by atoms with Crippen LogP contribution < -0.4 is 10.5 Å². The Morgan fingerprint density at radius 2 is 2.11 bits per heavy atom. The van der Waals surface area contributed by atoms with Gasteiger partial charge in [0, 0.05) is 18.9 Å². The molecule has 1 aromatic rings. The van der Waals surface area contributed by atoms with Gasteiger partial charge in [-0.2, -0.15) is 11.8 Å². The SMILES string of the molecule is CCSC(CC(CN)OC)c1cccc(OC)c1. The average molecular weight is 269 g/mol. The average Bonchev–Trinajstić information content (AvgIpc) is 2.43. The molecule has 18 heavy (non-hydrogen) atoms. The monoisotopic (exact) mass is 269 g/mol. The summed E-state index contributed by atoms with van der Waals surface area (Å²) in [6, 6.07) is 8.23. The van der Waals surface area contributed by atoms with E-state index in [0.717, 1.165) is 17.9 Å². The second-order valence-electron chi connectivity index (χ2n) is 4.05. The molecule has 0 aliphatic heterocycles. The molecule has 1 rings (SSSR count). The molecule has 0 radical (unpaired) electrons. The molecule has 2 N–H and O–H groups in total. The molecule has 0 saturated carbocycles. The van der Waals surface area contributed by atoms with Crippen LogP contribution in [0.15, 0.2) is 24.3 Å². The van der Waals surface area contributed by atoms with E-state index in [2.05, 4.69) is 19.1 Å². The Balaban J connectivity index is 2.81. The maximum Gasteiger partial charge on any atom is 0.119 e. The van der Waals surface area contributed by atoms with Crippen LogP contribution in [-0.2, 0) is 4.74 Å². The highest BCUT2D eigenvalue weighted by molar-refractivity contribution is 7.99. The summed E-state index contributed by atoms with van der Waals surface area (Å²) in [5, 5.41) is 0.401. The third-order valence-corrected chi connectivity index (χ3v) is 4.11. The fourth-order valence-electron chi connectivity index (χ4n) is 1.87. The van der Waals surface area contributed by atoms with E-state index < -0.39 is 0 Å². The van der Waals surface area contributed by atoms with Crippen molar-refractivity contribution in [1.82, 2.24) is 0 Å². The predicted octanol–water partition coefficient (Wildman–Crippen LogP) is 2.85. The molecule has 0 aromatic heterocycles. The molecule has 0 saturated heterocycles. The van der Waals surface area contributed by atoms with Crippen LogP contribution in [0.25, 0.3) is 0 Å². The van der Waals surface area contributed by atoms with E-state index in [1.165, 1.54) is 5.56 Å². The van der Waals surface area contributed by atoms with Gasteiger partial charge in [-0.1, -0.05) is 19.1 Å². The standard InChI is InChI=1S/C14H23NO2S/c1-4-18-14(9-13(10-15)17-3)11-6-5-7-12(8-11)16-2/h5-8,13-14H,4,9-10,15H2,1-3H3. The minimum absolute atomic E-state index is 0.111. The van der Waals surface area contributed by atoms with E-state index in [9.17, 15) is 0 Å². The summed E-state index contributed by atoms with van der Waals surface area (Å²) in [5.74, 6) is 1.97. The largest absolute Gasteiger partial charge is 0.497 e. The zero-order valence-electron chi connectivity index (χ0n) is 11.4. The fraction of sp³-hybridized carbons (Fsp3) is 0.571. The van der Waals surface area contributed by atoms with Gasteiger partial charge in [0.1, 0.15) is 5.75 Å². The van der Waals surface area contributed by atoms with Crippen molar-refractivity contribution in [3.05, 3.63) is 29.8 Å². The number of rotatable bonds is 8. The summed E-state index contributed by atoms with van der Waals surface area (Å²) in [6.07, 6.45) is 1.04. The van der Waals surface area contributed by atoms with Crippen LogP contribution in [0.2, 0.25) is 0 Å². The number of ether oxygens (including phenoxy) is 2. The van der Waals surface area contributed by atoms with E-state index >= 15 is 0 Å². The first-order valence-corrected chi connectivity index (χ1v) is 7.28. The Kier molecular flexibility index (Phi) is 7.16. The maximum absolute atomic E-state index is 5.70. The second-order valence-corrected chi connectivity index (χ2v) is 5.53. The van der Waals surface area contributed by atoms with E-state index in [0.29, 0.717) is 11.8 Å². The molecule has 0 spiro atoms. The lowest BCUT2D eigenvalue weighted by atomic mass is 10.1. The summed E-state index contributed by atoms with van der Waals surface area (Å²) in [4.78, 5) is 0. The number of hydrogen-bond acceptors (Lipinski definition) is 4. The number of thioether (sulfide) groups is 1. The van der Waals surface area contributed by atoms with Crippen molar-refractivity contribution in [3.8, 4) is 5.75 Å². The van der Waals surface area contributed by atoms with Gasteiger partial charge < -0.3 is 15.2 Å². The number of hydrogen-bond donors (Lipinski definition) is 1. The van der Waals surface area contributed by atoms with Gasteiger partial charge in [0.05, 0.1) is 13.2 Å². The molecule has 4 heteroatoms. The van der Waals surface area contributed by atoms with Gasteiger partial charge in [-0.25, -0.2) is 0 Å². The Labute approximate surface area is 114 Å². The topological polar surface area (TPSA) is 44.5 Å². The zero-order valence-corrected chi connectivity index (χ0v) is 12.2. The van der Waals surface area contributed by atoms with Crippen molar-refractivity contribution in [2.45, 2.75) is 24.7 Å². The Hall–Kier alpha value is -0.710. The van der Waals surface area contributed by atoms with Crippen LogP contribution >= 0.6 is 11.8 Å². The van der Waals surface area contributed by atoms with Crippen LogP contribution in [0.4, 0.5) is 0 Å². The van der Waals surface area contributed by atoms with Crippen molar-refractivity contribution in [2.75, 3.05) is 26.5 Å². The third-order valence-electron chi connectivity index (χ3n) is 2.91. The first-order valence-electron chi connectivity index (χ1n) is 6.23. The highest BCUT2D eigenvalue weighted by atomic mass is 32.2. The Bertz CT molecular complexity index is 342. The lowest BCUT2D eigenvalue weighted by molar-refractivity contribution is 0.102. The molecule has 0 amide bonds. The van der Waals surface area contributed by atoms with Crippen molar-refractivity contribution in [3.63, 3.8) is 0 Å². The van der Waals surface area contributed by atoms with Gasteiger partial charge in [0.15, 0.2) is 0 Å². The first-order chi connectivity index (χ1) is 8.74. The molecule has 0 aliphatic carbocycles. The molecule has 0 bridgehead atoms. The van der Waals surface area contributed by atoms with Crippen LogP contribution in [0.1, 0.15) is 24.2 Å². The van der Waals surface area contributed by atoms with Gasteiger partial charge in [-0.15, -0.1) is 0 Å². The van der Waals surface area contributed by atoms with Crippen molar-refractivity contribution in [2.24, 2.45) is 5.73 Å². The molecular formula is C14H23NO2S. The lowest BCUT2D eigenvalue weighted by Gasteiger charge is -2.21. The Morgan fingerprint density at radius 1 is 1.33 bits per heavy atom. The van der Waals surface area contributed by atoms with E-state index in [4.69, 9.17) is 15.2 Å². The van der Waals surface area contributed by atoms with Gasteiger partial charge in [-0.3, -0.25) is 0 Å². The van der Waals surface area contributed by atoms with E-state index in [1.807, 2.05) is 23.9 Å². The maximum atomic E-state index is 5.70. The summed E-state index contributed by atoms with van der Waals surface area (Å²) >= 11 is 1.92. The highest BCUT2D eigenvalue weighted by Crippen LogP contribution is 2.34. The Morgan fingerprint density at radius 3 is 2.67 bits per heavy atom. The van der Waals surface area contributed by atoms with Crippen molar-refractivity contribution in [1.29, 1.82) is 0 Å². The summed E-state index contributed by atoms with van der Waals surface area (Å²) in [6.45, 7) is 2.73. The molecule has 0 heterocycles. The van der Waals surface area contributed by atoms with Crippen molar-refractivity contribution >= 4 is 11.8 Å². The smallest absolute Gasteiger partial charge is 0.119 e. The van der Waals surface area contributed by atoms with Gasteiger partial charge in [0.2, 0.25) is 0 Å². The normalized spacial score (nSPS) is 14.2. The van der Waals surface area contributed by atoms with Gasteiger partial charge in [0.25, 0.3) is 0 Å². The molecule has 0 fully saturated rings. The van der Waals surface area contributed by atoms with Crippen molar-refractivity contribution < 1.29 is 9.47 Å². The minimum atomic E-state index is 0.111. The van der Waals surface area contributed by atoms with Crippen LogP contribution in [0.5, 0.6) is 5.75 Å². The summed E-state index contributed by atoms with van der Waals surface area (Å²) in [5.41, 5.74) is 6.98. The zero-order chi connectivity index (χ0) is 13.4. The fourth-order valence-corrected chi connectivity index (χ4v) is 2.96. The second kappa shape index (κ2) is 8.40. The van der Waals surface area contributed by atoms with E-state index in [1.54, 1.807) is 14.2 Å². The number of nitrogens with two attached hydrogens (primary N) is 1. The number of benzene rings is 1. The predicted molar refractivity (Wildman–Crippen MR) is 78.3 cm³/mol. The van der Waals surface area contributed by atoms with Crippen LogP contribution in [-0.4, -0.2) is 32.6 Å². The van der Waals surface area contributed by atoms with Crippen LogP contribution in [0, 0.1) is 0 Å². The molecule has 3 nitrogen and oxygen atoms in total. The van der Waals surface area contributed by atoms with E-state index in [-0.39, 0.29) is 6.10 Å². The molecule has 2 atom stereocenters. The number of methoxy groups -OCH3 is 2. The molecule has 1 aromatic carbocycles. The lowest BCUT2D eigenvalue weighted by Crippen LogP contribution is -2.24. The van der Waals surface area contributed by atoms with Gasteiger partial charge in [-0.05, 0) is 29.9 Å². The quantitative estimate of drug-likeness (QED) is 0.788. The molecule has 0 aliphatic rings. The minimum Gasteiger partial charge on any atom is -0.497 e. The third kappa shape index (κ3) is 4.52.